The van der Waals surface area contributed by atoms with Crippen LogP contribution in [0.2, 0.25) is 0 Å². The maximum Gasteiger partial charge on any atom is 0.264 e. The van der Waals surface area contributed by atoms with Gasteiger partial charge in [-0.05, 0) is 39.8 Å². The summed E-state index contributed by atoms with van der Waals surface area (Å²) in [7, 11) is 0. The first-order chi connectivity index (χ1) is 14.8. The standard InChI is InChI=1S/C26H22N2OS/c29-26(24-17-18-7-1-6-12-23(18)30-24)28-15-13-27(14-16-28)25-21-10-4-2-8-19(21)20-9-3-5-11-22(20)25/h1-12,17,25H,13-16H2. The van der Waals surface area contributed by atoms with Crippen LogP contribution >= 0.6 is 11.3 Å². The Kier molecular flexibility index (Phi) is 4.22. The first-order valence-corrected chi connectivity index (χ1v) is 11.3. The van der Waals surface area contributed by atoms with E-state index in [9.17, 15) is 4.79 Å². The van der Waals surface area contributed by atoms with Crippen LogP contribution in [0.3, 0.4) is 0 Å². The molecule has 1 amide bonds. The van der Waals surface area contributed by atoms with E-state index >= 15 is 0 Å². The largest absolute Gasteiger partial charge is 0.335 e. The van der Waals surface area contributed by atoms with Crippen molar-refractivity contribution in [3.05, 3.63) is 94.9 Å². The molecule has 3 nitrogen and oxygen atoms in total. The summed E-state index contributed by atoms with van der Waals surface area (Å²) in [5.41, 5.74) is 5.48. The number of piperazine rings is 1. The average molecular weight is 411 g/mol. The molecule has 0 unspecified atom stereocenters. The van der Waals surface area contributed by atoms with E-state index in [1.54, 1.807) is 11.3 Å². The fourth-order valence-electron chi connectivity index (χ4n) is 4.95. The third-order valence-corrected chi connectivity index (χ3v) is 7.51. The molecular weight excluding hydrogens is 388 g/mol. The molecule has 1 saturated heterocycles. The summed E-state index contributed by atoms with van der Waals surface area (Å²) >= 11 is 1.60. The second kappa shape index (κ2) is 7.08. The van der Waals surface area contributed by atoms with Crippen molar-refractivity contribution in [2.45, 2.75) is 6.04 Å². The van der Waals surface area contributed by atoms with E-state index in [4.69, 9.17) is 0 Å². The van der Waals surface area contributed by atoms with E-state index < -0.39 is 0 Å². The Bertz CT molecular complexity index is 1170. The monoisotopic (exact) mass is 410 g/mol. The van der Waals surface area contributed by atoms with Gasteiger partial charge in [0.15, 0.2) is 0 Å². The van der Waals surface area contributed by atoms with Crippen molar-refractivity contribution in [2.75, 3.05) is 26.2 Å². The zero-order chi connectivity index (χ0) is 20.1. The second-order valence-electron chi connectivity index (χ2n) is 8.05. The number of hydrogen-bond acceptors (Lipinski definition) is 3. The number of carbonyl (C=O) groups is 1. The Morgan fingerprint density at radius 2 is 1.37 bits per heavy atom. The van der Waals surface area contributed by atoms with Gasteiger partial charge < -0.3 is 4.90 Å². The number of fused-ring (bicyclic) bond motifs is 4. The molecule has 0 saturated carbocycles. The Balaban J connectivity index is 1.23. The first kappa shape index (κ1) is 17.9. The first-order valence-electron chi connectivity index (χ1n) is 10.5. The third kappa shape index (κ3) is 2.79. The molecule has 1 aliphatic carbocycles. The molecule has 4 aromatic rings. The molecule has 2 aliphatic rings. The number of benzene rings is 3. The maximum atomic E-state index is 13.1. The van der Waals surface area contributed by atoms with Gasteiger partial charge in [-0.25, -0.2) is 0 Å². The minimum Gasteiger partial charge on any atom is -0.335 e. The molecule has 0 spiro atoms. The van der Waals surface area contributed by atoms with Crippen LogP contribution in [0.1, 0.15) is 26.8 Å². The van der Waals surface area contributed by atoms with Crippen LogP contribution in [0.25, 0.3) is 21.2 Å². The summed E-state index contributed by atoms with van der Waals surface area (Å²) in [5, 5.41) is 1.16. The molecule has 1 fully saturated rings. The van der Waals surface area contributed by atoms with Gasteiger partial charge in [-0.2, -0.15) is 0 Å². The predicted octanol–water partition coefficient (Wildman–Crippen LogP) is 5.43. The van der Waals surface area contributed by atoms with Crippen LogP contribution in [-0.4, -0.2) is 41.9 Å². The van der Waals surface area contributed by atoms with Crippen LogP contribution in [0.4, 0.5) is 0 Å². The minimum atomic E-state index is 0.170. The molecule has 30 heavy (non-hydrogen) atoms. The topological polar surface area (TPSA) is 23.6 Å². The Morgan fingerprint density at radius 1 is 0.767 bits per heavy atom. The smallest absolute Gasteiger partial charge is 0.264 e. The minimum absolute atomic E-state index is 0.170. The zero-order valence-electron chi connectivity index (χ0n) is 16.6. The summed E-state index contributed by atoms with van der Waals surface area (Å²) in [6.07, 6.45) is 0. The normalized spacial score (nSPS) is 16.6. The number of thiophene rings is 1. The van der Waals surface area contributed by atoms with Gasteiger partial charge in [-0.3, -0.25) is 9.69 Å². The van der Waals surface area contributed by atoms with Crippen LogP contribution < -0.4 is 0 Å². The molecule has 6 rings (SSSR count). The predicted molar refractivity (Wildman–Crippen MR) is 123 cm³/mol. The van der Waals surface area contributed by atoms with Gasteiger partial charge in [0, 0.05) is 30.9 Å². The van der Waals surface area contributed by atoms with Gasteiger partial charge >= 0.3 is 0 Å². The van der Waals surface area contributed by atoms with Gasteiger partial charge in [-0.15, -0.1) is 11.3 Å². The van der Waals surface area contributed by atoms with Crippen molar-refractivity contribution in [1.29, 1.82) is 0 Å². The second-order valence-corrected chi connectivity index (χ2v) is 9.14. The van der Waals surface area contributed by atoms with Crippen molar-refractivity contribution >= 4 is 27.3 Å². The molecule has 2 heterocycles. The molecule has 0 N–H and O–H groups in total. The fourth-order valence-corrected chi connectivity index (χ4v) is 5.98. The van der Waals surface area contributed by atoms with E-state index in [-0.39, 0.29) is 5.91 Å². The van der Waals surface area contributed by atoms with Gasteiger partial charge in [0.05, 0.1) is 10.9 Å². The van der Waals surface area contributed by atoms with Gasteiger partial charge in [0.25, 0.3) is 5.91 Å². The summed E-state index contributed by atoms with van der Waals surface area (Å²) in [4.78, 5) is 18.5. The number of carbonyl (C=O) groups excluding carboxylic acids is 1. The SMILES string of the molecule is O=C(c1cc2ccccc2s1)N1CCN(C2c3ccccc3-c3ccccc32)CC1. The molecule has 0 radical (unpaired) electrons. The summed E-state index contributed by atoms with van der Waals surface area (Å²) in [6, 6.07) is 28.1. The van der Waals surface area contributed by atoms with Gasteiger partial charge in [0.2, 0.25) is 0 Å². The highest BCUT2D eigenvalue weighted by Gasteiger charge is 2.35. The third-order valence-electron chi connectivity index (χ3n) is 6.40. The summed E-state index contributed by atoms with van der Waals surface area (Å²) < 4.78 is 1.18. The van der Waals surface area contributed by atoms with Crippen molar-refractivity contribution in [3.63, 3.8) is 0 Å². The van der Waals surface area contributed by atoms with E-state index in [1.165, 1.54) is 27.0 Å². The van der Waals surface area contributed by atoms with Gasteiger partial charge in [0.1, 0.15) is 0 Å². The van der Waals surface area contributed by atoms with E-state index in [2.05, 4.69) is 65.6 Å². The van der Waals surface area contributed by atoms with Crippen molar-refractivity contribution in [2.24, 2.45) is 0 Å². The quantitative estimate of drug-likeness (QED) is 0.440. The van der Waals surface area contributed by atoms with E-state index in [1.807, 2.05) is 23.1 Å². The molecule has 1 aromatic heterocycles. The molecular formula is C26H22N2OS. The van der Waals surface area contributed by atoms with Gasteiger partial charge in [-0.1, -0.05) is 66.7 Å². The van der Waals surface area contributed by atoms with Crippen LogP contribution in [-0.2, 0) is 0 Å². The molecule has 0 bridgehead atoms. The van der Waals surface area contributed by atoms with E-state index in [0.29, 0.717) is 6.04 Å². The number of nitrogens with zero attached hydrogens (tertiary/aromatic N) is 2. The molecule has 148 valence electrons. The molecule has 3 aromatic carbocycles. The number of rotatable bonds is 2. The Morgan fingerprint density at radius 3 is 2.03 bits per heavy atom. The summed E-state index contributed by atoms with van der Waals surface area (Å²) in [6.45, 7) is 3.33. The fraction of sp³-hybridized carbons (Fsp3) is 0.192. The highest BCUT2D eigenvalue weighted by molar-refractivity contribution is 7.20. The Labute approximate surface area is 180 Å². The lowest BCUT2D eigenvalue weighted by atomic mass is 10.0. The zero-order valence-corrected chi connectivity index (χ0v) is 17.4. The van der Waals surface area contributed by atoms with Crippen LogP contribution in [0.15, 0.2) is 78.9 Å². The molecule has 1 aliphatic heterocycles. The average Bonchev–Trinajstić information content (AvgIpc) is 3.38. The highest BCUT2D eigenvalue weighted by Crippen LogP contribution is 2.46. The van der Waals surface area contributed by atoms with Crippen LogP contribution in [0, 0.1) is 0 Å². The Hall–Kier alpha value is -2.95. The summed E-state index contributed by atoms with van der Waals surface area (Å²) in [5.74, 6) is 0.170. The van der Waals surface area contributed by atoms with Crippen molar-refractivity contribution in [3.8, 4) is 11.1 Å². The molecule has 4 heteroatoms. The lowest BCUT2D eigenvalue weighted by Gasteiger charge is -2.38. The lowest BCUT2D eigenvalue weighted by Crippen LogP contribution is -2.49. The van der Waals surface area contributed by atoms with Crippen molar-refractivity contribution < 1.29 is 4.79 Å². The number of amides is 1. The van der Waals surface area contributed by atoms with E-state index in [0.717, 1.165) is 36.4 Å². The number of hydrogen-bond donors (Lipinski definition) is 0. The van der Waals surface area contributed by atoms with Crippen LogP contribution in [0.5, 0.6) is 0 Å². The maximum absolute atomic E-state index is 13.1. The highest BCUT2D eigenvalue weighted by atomic mass is 32.1. The lowest BCUT2D eigenvalue weighted by molar-refractivity contribution is 0.0604. The van der Waals surface area contributed by atoms with Crippen molar-refractivity contribution in [1.82, 2.24) is 9.80 Å². The molecule has 0 atom stereocenters.